The molecular formula is C13H19NO. The molecule has 1 heterocycles. The van der Waals surface area contributed by atoms with Gasteiger partial charge in [0.25, 0.3) is 0 Å². The van der Waals surface area contributed by atoms with Crippen LogP contribution in [0.1, 0.15) is 19.8 Å². The molecule has 0 aromatic heterocycles. The highest BCUT2D eigenvalue weighted by Crippen LogP contribution is 2.16. The minimum atomic E-state index is 0.487. The Morgan fingerprint density at radius 1 is 1.53 bits per heavy atom. The number of ether oxygens (including phenoxy) is 1. The van der Waals surface area contributed by atoms with Gasteiger partial charge in [0.2, 0.25) is 0 Å². The van der Waals surface area contributed by atoms with Crippen molar-refractivity contribution in [2.24, 2.45) is 0 Å². The maximum absolute atomic E-state index is 5.45. The van der Waals surface area contributed by atoms with Gasteiger partial charge in [0.05, 0.1) is 13.2 Å². The summed E-state index contributed by atoms with van der Waals surface area (Å²) in [6, 6.07) is 0.487. The molecule has 1 aliphatic heterocycles. The highest BCUT2D eigenvalue weighted by Gasteiger charge is 2.13. The normalized spacial score (nSPS) is 26.9. The lowest BCUT2D eigenvalue weighted by Crippen LogP contribution is -2.41. The van der Waals surface area contributed by atoms with E-state index in [2.05, 4.69) is 36.5 Å². The van der Waals surface area contributed by atoms with Gasteiger partial charge < -0.3 is 10.1 Å². The molecule has 1 unspecified atom stereocenters. The second-order valence-electron chi connectivity index (χ2n) is 4.24. The Morgan fingerprint density at radius 3 is 3.27 bits per heavy atom. The van der Waals surface area contributed by atoms with Crippen LogP contribution >= 0.6 is 0 Å². The number of nitrogens with one attached hydrogen (secondary N) is 1. The fraction of sp³-hybridized carbons (Fsp3) is 0.538. The third-order valence-electron chi connectivity index (χ3n) is 2.80. The molecule has 1 saturated heterocycles. The summed E-state index contributed by atoms with van der Waals surface area (Å²) in [5.41, 5.74) is 2.77. The summed E-state index contributed by atoms with van der Waals surface area (Å²) in [4.78, 5) is 0. The van der Waals surface area contributed by atoms with E-state index in [1.54, 1.807) is 0 Å². The Balaban J connectivity index is 1.95. The fourth-order valence-corrected chi connectivity index (χ4v) is 2.04. The van der Waals surface area contributed by atoms with Crippen LogP contribution in [-0.2, 0) is 4.74 Å². The van der Waals surface area contributed by atoms with Crippen LogP contribution < -0.4 is 5.32 Å². The lowest BCUT2D eigenvalue weighted by atomic mass is 10.0. The summed E-state index contributed by atoms with van der Waals surface area (Å²) in [6.45, 7) is 4.84. The summed E-state index contributed by atoms with van der Waals surface area (Å²) in [5.74, 6) is 0. The van der Waals surface area contributed by atoms with E-state index >= 15 is 0 Å². The van der Waals surface area contributed by atoms with Gasteiger partial charge in [-0.05, 0) is 25.3 Å². The monoisotopic (exact) mass is 205 g/mol. The van der Waals surface area contributed by atoms with E-state index < -0.39 is 0 Å². The molecule has 2 nitrogen and oxygen atoms in total. The van der Waals surface area contributed by atoms with Crippen molar-refractivity contribution in [1.29, 1.82) is 0 Å². The molecular weight excluding hydrogens is 186 g/mol. The van der Waals surface area contributed by atoms with Crippen molar-refractivity contribution >= 4 is 0 Å². The molecule has 2 rings (SSSR count). The topological polar surface area (TPSA) is 21.3 Å². The van der Waals surface area contributed by atoms with Crippen LogP contribution in [0.2, 0.25) is 0 Å². The Labute approximate surface area is 91.7 Å². The molecule has 0 spiro atoms. The first-order chi connectivity index (χ1) is 7.34. The van der Waals surface area contributed by atoms with Gasteiger partial charge >= 0.3 is 0 Å². The SMILES string of the molecule is CC1=CCC=CC(CC2COCCN2)=C1. The van der Waals surface area contributed by atoms with Crippen LogP contribution in [-0.4, -0.2) is 25.8 Å². The number of rotatable bonds is 2. The largest absolute Gasteiger partial charge is 0.379 e. The van der Waals surface area contributed by atoms with Gasteiger partial charge in [0, 0.05) is 12.6 Å². The first-order valence-corrected chi connectivity index (χ1v) is 5.69. The van der Waals surface area contributed by atoms with Crippen molar-refractivity contribution in [3.05, 3.63) is 35.5 Å². The minimum absolute atomic E-state index is 0.487. The molecule has 1 N–H and O–H groups in total. The molecule has 15 heavy (non-hydrogen) atoms. The Kier molecular flexibility index (Phi) is 3.75. The second-order valence-corrected chi connectivity index (χ2v) is 4.24. The van der Waals surface area contributed by atoms with Crippen molar-refractivity contribution in [2.75, 3.05) is 19.8 Å². The van der Waals surface area contributed by atoms with Gasteiger partial charge in [-0.2, -0.15) is 0 Å². The van der Waals surface area contributed by atoms with E-state index in [1.807, 2.05) is 0 Å². The van der Waals surface area contributed by atoms with E-state index in [4.69, 9.17) is 4.74 Å². The molecule has 0 amide bonds. The van der Waals surface area contributed by atoms with Crippen molar-refractivity contribution in [3.8, 4) is 0 Å². The van der Waals surface area contributed by atoms with Crippen LogP contribution in [0.3, 0.4) is 0 Å². The third-order valence-corrected chi connectivity index (χ3v) is 2.80. The number of allylic oxidation sites excluding steroid dienone is 5. The summed E-state index contributed by atoms with van der Waals surface area (Å²) in [6.07, 6.45) is 11.1. The van der Waals surface area contributed by atoms with Crippen molar-refractivity contribution in [2.45, 2.75) is 25.8 Å². The maximum atomic E-state index is 5.45. The Bertz CT molecular complexity index is 296. The molecule has 82 valence electrons. The zero-order valence-corrected chi connectivity index (χ0v) is 9.33. The molecule has 1 atom stereocenters. The first kappa shape index (κ1) is 10.7. The number of hydrogen-bond acceptors (Lipinski definition) is 2. The molecule has 1 fully saturated rings. The van der Waals surface area contributed by atoms with Gasteiger partial charge in [0.15, 0.2) is 0 Å². The zero-order chi connectivity index (χ0) is 10.5. The Morgan fingerprint density at radius 2 is 2.47 bits per heavy atom. The standard InChI is InChI=1S/C13H19NO/c1-11-4-2-3-5-12(8-11)9-13-10-15-7-6-14-13/h3-5,8,13-14H,2,6-7,9-10H2,1H3. The van der Waals surface area contributed by atoms with Crippen molar-refractivity contribution in [3.63, 3.8) is 0 Å². The second kappa shape index (κ2) is 5.29. The number of hydrogen-bond donors (Lipinski definition) is 1. The summed E-state index contributed by atoms with van der Waals surface area (Å²) < 4.78 is 5.45. The van der Waals surface area contributed by atoms with E-state index in [-0.39, 0.29) is 0 Å². The predicted octanol–water partition coefficient (Wildman–Crippen LogP) is 2.20. The lowest BCUT2D eigenvalue weighted by Gasteiger charge is -2.24. The first-order valence-electron chi connectivity index (χ1n) is 5.69. The van der Waals surface area contributed by atoms with Crippen molar-refractivity contribution < 1.29 is 4.74 Å². The van der Waals surface area contributed by atoms with Gasteiger partial charge in [-0.3, -0.25) is 0 Å². The quantitative estimate of drug-likeness (QED) is 0.746. The fourth-order valence-electron chi connectivity index (χ4n) is 2.04. The van der Waals surface area contributed by atoms with Gasteiger partial charge in [0.1, 0.15) is 0 Å². The zero-order valence-electron chi connectivity index (χ0n) is 9.33. The molecule has 2 aliphatic rings. The average Bonchev–Trinajstić information content (AvgIpc) is 2.44. The predicted molar refractivity (Wildman–Crippen MR) is 62.8 cm³/mol. The van der Waals surface area contributed by atoms with E-state index in [0.717, 1.165) is 32.6 Å². The lowest BCUT2D eigenvalue weighted by molar-refractivity contribution is 0.0772. The maximum Gasteiger partial charge on any atom is 0.0623 e. The molecule has 0 bridgehead atoms. The molecule has 0 aromatic rings. The van der Waals surface area contributed by atoms with Crippen molar-refractivity contribution in [1.82, 2.24) is 5.32 Å². The van der Waals surface area contributed by atoms with E-state index in [9.17, 15) is 0 Å². The van der Waals surface area contributed by atoms with Gasteiger partial charge in [-0.1, -0.05) is 29.9 Å². The molecule has 0 radical (unpaired) electrons. The highest BCUT2D eigenvalue weighted by atomic mass is 16.5. The van der Waals surface area contributed by atoms with E-state index in [1.165, 1.54) is 11.1 Å². The number of morpholine rings is 1. The van der Waals surface area contributed by atoms with Crippen LogP contribution in [0, 0.1) is 0 Å². The Hall–Kier alpha value is -0.860. The molecule has 1 aliphatic carbocycles. The summed E-state index contributed by atoms with van der Waals surface area (Å²) in [5, 5.41) is 3.48. The third kappa shape index (κ3) is 3.33. The van der Waals surface area contributed by atoms with Crippen LogP contribution in [0.25, 0.3) is 0 Å². The van der Waals surface area contributed by atoms with Gasteiger partial charge in [-0.25, -0.2) is 0 Å². The molecule has 0 saturated carbocycles. The van der Waals surface area contributed by atoms with E-state index in [0.29, 0.717) is 6.04 Å². The van der Waals surface area contributed by atoms with Gasteiger partial charge in [-0.15, -0.1) is 0 Å². The summed E-state index contributed by atoms with van der Waals surface area (Å²) in [7, 11) is 0. The molecule has 2 heteroatoms. The average molecular weight is 205 g/mol. The molecule has 0 aromatic carbocycles. The van der Waals surface area contributed by atoms with Crippen LogP contribution in [0.15, 0.2) is 35.5 Å². The van der Waals surface area contributed by atoms with Crippen LogP contribution in [0.4, 0.5) is 0 Å². The summed E-state index contributed by atoms with van der Waals surface area (Å²) >= 11 is 0. The van der Waals surface area contributed by atoms with Crippen LogP contribution in [0.5, 0.6) is 0 Å². The smallest absolute Gasteiger partial charge is 0.0623 e. The minimum Gasteiger partial charge on any atom is -0.379 e. The highest BCUT2D eigenvalue weighted by molar-refractivity contribution is 5.33.